The van der Waals surface area contributed by atoms with Crippen molar-refractivity contribution in [2.75, 3.05) is 5.73 Å². The van der Waals surface area contributed by atoms with E-state index in [0.29, 0.717) is 5.69 Å². The number of thiophene rings is 1. The molecule has 3 N–H and O–H groups in total. The standard InChI is InChI=1S/C9H9N3O2S/c1-12-8(9(13)14)6(10)7(11-12)5-3-2-4-15-5/h2-4H,10H2,1H3,(H,13,14). The summed E-state index contributed by atoms with van der Waals surface area (Å²) < 4.78 is 1.28. The number of carboxylic acid groups (broad SMARTS) is 1. The van der Waals surface area contributed by atoms with E-state index < -0.39 is 5.97 Å². The second kappa shape index (κ2) is 3.39. The van der Waals surface area contributed by atoms with Gasteiger partial charge in [-0.3, -0.25) is 4.68 Å². The second-order valence-electron chi connectivity index (χ2n) is 3.02. The summed E-state index contributed by atoms with van der Waals surface area (Å²) in [5.41, 5.74) is 6.51. The Bertz CT molecular complexity index is 502. The Hall–Kier alpha value is -1.82. The van der Waals surface area contributed by atoms with Crippen molar-refractivity contribution >= 4 is 23.0 Å². The van der Waals surface area contributed by atoms with Crippen molar-refractivity contribution in [3.8, 4) is 10.6 Å². The molecule has 2 aromatic heterocycles. The van der Waals surface area contributed by atoms with Gasteiger partial charge in [0.05, 0.1) is 10.6 Å². The van der Waals surface area contributed by atoms with Crippen LogP contribution in [-0.2, 0) is 7.05 Å². The van der Waals surface area contributed by atoms with Gasteiger partial charge in [-0.05, 0) is 11.4 Å². The van der Waals surface area contributed by atoms with Crippen LogP contribution in [0.3, 0.4) is 0 Å². The molecule has 0 unspecified atom stereocenters. The monoisotopic (exact) mass is 223 g/mol. The zero-order chi connectivity index (χ0) is 11.0. The maximum atomic E-state index is 10.9. The van der Waals surface area contributed by atoms with Crippen LogP contribution in [0.5, 0.6) is 0 Å². The number of rotatable bonds is 2. The molecular weight excluding hydrogens is 214 g/mol. The number of carboxylic acids is 1. The molecule has 0 saturated heterocycles. The third-order valence-corrected chi connectivity index (χ3v) is 2.92. The molecule has 2 aromatic rings. The zero-order valence-electron chi connectivity index (χ0n) is 7.97. The van der Waals surface area contributed by atoms with Crippen LogP contribution >= 0.6 is 11.3 Å². The van der Waals surface area contributed by atoms with Crippen LogP contribution in [0.25, 0.3) is 10.6 Å². The molecule has 78 valence electrons. The lowest BCUT2D eigenvalue weighted by Crippen LogP contribution is -2.07. The van der Waals surface area contributed by atoms with Crippen molar-refractivity contribution in [3.63, 3.8) is 0 Å². The summed E-state index contributed by atoms with van der Waals surface area (Å²) in [6.45, 7) is 0. The molecule has 5 nitrogen and oxygen atoms in total. The topological polar surface area (TPSA) is 81.1 Å². The summed E-state index contributed by atoms with van der Waals surface area (Å²) in [6.07, 6.45) is 0. The van der Waals surface area contributed by atoms with Gasteiger partial charge in [0.2, 0.25) is 0 Å². The van der Waals surface area contributed by atoms with Gasteiger partial charge in [-0.2, -0.15) is 5.10 Å². The highest BCUT2D eigenvalue weighted by Gasteiger charge is 2.20. The van der Waals surface area contributed by atoms with Gasteiger partial charge in [-0.25, -0.2) is 4.79 Å². The minimum Gasteiger partial charge on any atom is -0.476 e. The quantitative estimate of drug-likeness (QED) is 0.807. The lowest BCUT2D eigenvalue weighted by Gasteiger charge is -1.94. The van der Waals surface area contributed by atoms with Crippen LogP contribution in [0.4, 0.5) is 5.69 Å². The maximum Gasteiger partial charge on any atom is 0.356 e. The van der Waals surface area contributed by atoms with Gasteiger partial charge < -0.3 is 10.8 Å². The van der Waals surface area contributed by atoms with E-state index >= 15 is 0 Å². The molecule has 0 radical (unpaired) electrons. The fourth-order valence-corrected chi connectivity index (χ4v) is 2.11. The largest absolute Gasteiger partial charge is 0.476 e. The summed E-state index contributed by atoms with van der Waals surface area (Å²) in [5, 5.41) is 14.9. The highest BCUT2D eigenvalue weighted by atomic mass is 32.1. The van der Waals surface area contributed by atoms with Crippen LogP contribution in [0.15, 0.2) is 17.5 Å². The smallest absolute Gasteiger partial charge is 0.356 e. The molecule has 2 rings (SSSR count). The number of aromatic nitrogens is 2. The summed E-state index contributed by atoms with van der Waals surface area (Å²) in [5.74, 6) is -1.06. The summed E-state index contributed by atoms with van der Waals surface area (Å²) >= 11 is 1.48. The van der Waals surface area contributed by atoms with E-state index in [9.17, 15) is 4.79 Å². The van der Waals surface area contributed by atoms with E-state index in [2.05, 4.69) is 5.10 Å². The van der Waals surface area contributed by atoms with Crippen molar-refractivity contribution in [2.45, 2.75) is 0 Å². The van der Waals surface area contributed by atoms with Gasteiger partial charge in [0.25, 0.3) is 0 Å². The maximum absolute atomic E-state index is 10.9. The third-order valence-electron chi connectivity index (χ3n) is 2.04. The Kier molecular flexibility index (Phi) is 2.20. The van der Waals surface area contributed by atoms with Crippen molar-refractivity contribution in [1.29, 1.82) is 0 Å². The first-order valence-corrected chi connectivity index (χ1v) is 5.09. The molecule has 15 heavy (non-hydrogen) atoms. The van der Waals surface area contributed by atoms with Crippen molar-refractivity contribution in [1.82, 2.24) is 9.78 Å². The summed E-state index contributed by atoms with van der Waals surface area (Å²) in [4.78, 5) is 11.8. The van der Waals surface area contributed by atoms with Crippen LogP contribution in [0, 0.1) is 0 Å². The van der Waals surface area contributed by atoms with E-state index in [1.165, 1.54) is 16.0 Å². The fraction of sp³-hybridized carbons (Fsp3) is 0.111. The Morgan fingerprint density at radius 3 is 2.87 bits per heavy atom. The average Bonchev–Trinajstić information content (AvgIpc) is 2.72. The molecule has 0 fully saturated rings. The fourth-order valence-electron chi connectivity index (χ4n) is 1.39. The second-order valence-corrected chi connectivity index (χ2v) is 3.96. The predicted octanol–water partition coefficient (Wildman–Crippen LogP) is 1.43. The van der Waals surface area contributed by atoms with Gasteiger partial charge in [-0.15, -0.1) is 11.3 Å². The first-order chi connectivity index (χ1) is 7.11. The van der Waals surface area contributed by atoms with Gasteiger partial charge in [0.15, 0.2) is 5.69 Å². The molecular formula is C9H9N3O2S. The number of nitrogen functional groups attached to an aromatic ring is 1. The molecule has 0 aliphatic rings. The SMILES string of the molecule is Cn1nc(-c2cccs2)c(N)c1C(=O)O. The first kappa shape index (κ1) is 9.72. The lowest BCUT2D eigenvalue weighted by atomic mass is 10.2. The number of carbonyl (C=O) groups is 1. The third kappa shape index (κ3) is 1.48. The van der Waals surface area contributed by atoms with E-state index in [1.54, 1.807) is 7.05 Å². The molecule has 0 aromatic carbocycles. The van der Waals surface area contributed by atoms with E-state index in [1.807, 2.05) is 17.5 Å². The van der Waals surface area contributed by atoms with Crippen molar-refractivity contribution < 1.29 is 9.90 Å². The minimum atomic E-state index is -1.06. The number of aromatic carboxylic acids is 1. The van der Waals surface area contributed by atoms with Gasteiger partial charge in [0.1, 0.15) is 5.69 Å². The highest BCUT2D eigenvalue weighted by molar-refractivity contribution is 7.13. The number of hydrogen-bond donors (Lipinski definition) is 2. The minimum absolute atomic E-state index is 0.0263. The van der Waals surface area contributed by atoms with Crippen molar-refractivity contribution in [3.05, 3.63) is 23.2 Å². The Morgan fingerprint density at radius 1 is 1.67 bits per heavy atom. The first-order valence-electron chi connectivity index (χ1n) is 4.21. The summed E-state index contributed by atoms with van der Waals surface area (Å²) in [7, 11) is 1.57. The Morgan fingerprint density at radius 2 is 2.40 bits per heavy atom. The molecule has 0 aliphatic carbocycles. The number of nitrogens with zero attached hydrogens (tertiary/aromatic N) is 2. The lowest BCUT2D eigenvalue weighted by molar-refractivity contribution is 0.0686. The van der Waals surface area contributed by atoms with Crippen LogP contribution in [0.2, 0.25) is 0 Å². The normalized spacial score (nSPS) is 10.5. The van der Waals surface area contributed by atoms with E-state index in [0.717, 1.165) is 4.88 Å². The molecule has 0 aliphatic heterocycles. The molecule has 2 heterocycles. The molecule has 0 saturated carbocycles. The van der Waals surface area contributed by atoms with Crippen LogP contribution < -0.4 is 5.73 Å². The zero-order valence-corrected chi connectivity index (χ0v) is 8.78. The number of hydrogen-bond acceptors (Lipinski definition) is 4. The molecule has 0 spiro atoms. The number of anilines is 1. The predicted molar refractivity (Wildman–Crippen MR) is 57.9 cm³/mol. The van der Waals surface area contributed by atoms with Gasteiger partial charge in [0, 0.05) is 7.05 Å². The average molecular weight is 223 g/mol. The summed E-state index contributed by atoms with van der Waals surface area (Å²) in [6, 6.07) is 3.73. The molecule has 0 atom stereocenters. The Balaban J connectivity index is 2.61. The molecule has 0 bridgehead atoms. The van der Waals surface area contributed by atoms with E-state index in [4.69, 9.17) is 10.8 Å². The highest BCUT2D eigenvalue weighted by Crippen LogP contribution is 2.30. The van der Waals surface area contributed by atoms with Gasteiger partial charge >= 0.3 is 5.97 Å². The van der Waals surface area contributed by atoms with Crippen LogP contribution in [-0.4, -0.2) is 20.9 Å². The van der Waals surface area contributed by atoms with Crippen LogP contribution in [0.1, 0.15) is 10.5 Å². The van der Waals surface area contributed by atoms with Gasteiger partial charge in [-0.1, -0.05) is 6.07 Å². The number of aryl methyl sites for hydroxylation is 1. The Labute approximate surface area is 89.8 Å². The number of nitrogens with two attached hydrogens (primary N) is 1. The van der Waals surface area contributed by atoms with E-state index in [-0.39, 0.29) is 11.4 Å². The molecule has 6 heteroatoms. The molecule has 0 amide bonds. The van der Waals surface area contributed by atoms with Crippen molar-refractivity contribution in [2.24, 2.45) is 7.05 Å².